The number of fused-ring (bicyclic) bond motifs is 3. The van der Waals surface area contributed by atoms with Crippen LogP contribution in [0.1, 0.15) is 36.7 Å². The van der Waals surface area contributed by atoms with Crippen LogP contribution in [0.5, 0.6) is 0 Å². The van der Waals surface area contributed by atoms with Crippen LogP contribution >= 0.6 is 0 Å². The Bertz CT molecular complexity index is 1080. The molecule has 0 aliphatic carbocycles. The zero-order valence-electron chi connectivity index (χ0n) is 15.0. The fourth-order valence-electron chi connectivity index (χ4n) is 3.56. The van der Waals surface area contributed by atoms with Crippen LogP contribution in [0.2, 0.25) is 0 Å². The number of hydrogen-bond donors (Lipinski definition) is 0. The predicted octanol–water partition coefficient (Wildman–Crippen LogP) is 5.59. The molecule has 3 nitrogen and oxygen atoms in total. The van der Waals surface area contributed by atoms with Crippen LogP contribution in [0, 0.1) is 13.8 Å². The van der Waals surface area contributed by atoms with Gasteiger partial charge in [0.05, 0.1) is 17.1 Å². The summed E-state index contributed by atoms with van der Waals surface area (Å²) < 4.78 is 0. The van der Waals surface area contributed by atoms with Gasteiger partial charge in [0.25, 0.3) is 0 Å². The lowest BCUT2D eigenvalue weighted by molar-refractivity contribution is 0.835. The first-order valence-electron chi connectivity index (χ1n) is 8.66. The normalized spacial score (nSPS) is 11.6. The predicted molar refractivity (Wildman–Crippen MR) is 104 cm³/mol. The maximum atomic E-state index is 4.71. The molecule has 0 unspecified atom stereocenters. The molecule has 0 N–H and O–H groups in total. The molecule has 3 aromatic heterocycles. The third kappa shape index (κ3) is 2.66. The molecule has 0 amide bonds. The second-order valence-corrected chi connectivity index (χ2v) is 6.94. The zero-order valence-corrected chi connectivity index (χ0v) is 15.0. The van der Waals surface area contributed by atoms with E-state index in [4.69, 9.17) is 4.98 Å². The Morgan fingerprint density at radius 1 is 0.840 bits per heavy atom. The van der Waals surface area contributed by atoms with E-state index < -0.39 is 0 Å². The van der Waals surface area contributed by atoms with E-state index in [2.05, 4.69) is 67.1 Å². The van der Waals surface area contributed by atoms with E-state index >= 15 is 0 Å². The maximum absolute atomic E-state index is 4.71. The van der Waals surface area contributed by atoms with Crippen LogP contribution in [0.15, 0.2) is 48.8 Å². The lowest BCUT2D eigenvalue weighted by atomic mass is 9.95. The second kappa shape index (κ2) is 5.92. The van der Waals surface area contributed by atoms with Gasteiger partial charge in [0.15, 0.2) is 0 Å². The third-order valence-corrected chi connectivity index (χ3v) is 4.59. The Morgan fingerprint density at radius 3 is 2.40 bits per heavy atom. The fraction of sp³-hybridized carbons (Fsp3) is 0.227. The molecule has 0 saturated heterocycles. The minimum Gasteiger partial charge on any atom is -0.260 e. The van der Waals surface area contributed by atoms with Gasteiger partial charge < -0.3 is 0 Å². The van der Waals surface area contributed by atoms with E-state index in [1.807, 2.05) is 19.3 Å². The van der Waals surface area contributed by atoms with Gasteiger partial charge in [0.1, 0.15) is 0 Å². The molecule has 0 aliphatic rings. The Hall–Kier alpha value is -2.81. The molecule has 0 radical (unpaired) electrons. The van der Waals surface area contributed by atoms with Gasteiger partial charge in [-0.2, -0.15) is 0 Å². The van der Waals surface area contributed by atoms with Crippen molar-refractivity contribution in [2.75, 3.05) is 0 Å². The number of benzene rings is 1. The summed E-state index contributed by atoms with van der Waals surface area (Å²) in [5.74, 6) is 0.366. The highest BCUT2D eigenvalue weighted by Crippen LogP contribution is 2.34. The van der Waals surface area contributed by atoms with Gasteiger partial charge in [-0.1, -0.05) is 26.0 Å². The van der Waals surface area contributed by atoms with Crippen molar-refractivity contribution in [3.8, 4) is 11.4 Å². The standard InChI is InChI=1S/C22H21N3/c1-13(2)21-20-16(7-9-23-21)5-6-18-17(20)8-10-24-22(18)19-12-14(3)11-15(4)25-19/h5-13H,1-4H3. The Balaban J connectivity index is 2.10. The van der Waals surface area contributed by atoms with Crippen molar-refractivity contribution in [3.05, 3.63) is 65.7 Å². The molecule has 3 heteroatoms. The van der Waals surface area contributed by atoms with E-state index in [9.17, 15) is 0 Å². The van der Waals surface area contributed by atoms with Crippen LogP contribution in [0.3, 0.4) is 0 Å². The highest BCUT2D eigenvalue weighted by Gasteiger charge is 2.14. The summed E-state index contributed by atoms with van der Waals surface area (Å²) in [5.41, 5.74) is 5.21. The largest absolute Gasteiger partial charge is 0.260 e. The van der Waals surface area contributed by atoms with Crippen LogP contribution in [-0.2, 0) is 0 Å². The quantitative estimate of drug-likeness (QED) is 0.451. The Morgan fingerprint density at radius 2 is 1.64 bits per heavy atom. The van der Waals surface area contributed by atoms with E-state index in [1.165, 1.54) is 21.7 Å². The van der Waals surface area contributed by atoms with Crippen molar-refractivity contribution in [1.82, 2.24) is 15.0 Å². The summed E-state index contributed by atoms with van der Waals surface area (Å²) in [6, 6.07) is 12.7. The topological polar surface area (TPSA) is 38.7 Å². The molecule has 25 heavy (non-hydrogen) atoms. The number of rotatable bonds is 2. The van der Waals surface area contributed by atoms with Gasteiger partial charge in [0, 0.05) is 28.9 Å². The lowest BCUT2D eigenvalue weighted by Gasteiger charge is -2.13. The molecule has 0 atom stereocenters. The molecular weight excluding hydrogens is 306 g/mol. The lowest BCUT2D eigenvalue weighted by Crippen LogP contribution is -1.96. The highest BCUT2D eigenvalue weighted by atomic mass is 14.8. The molecule has 4 aromatic rings. The number of hydrogen-bond acceptors (Lipinski definition) is 3. The van der Waals surface area contributed by atoms with E-state index in [-0.39, 0.29) is 0 Å². The van der Waals surface area contributed by atoms with Crippen molar-refractivity contribution >= 4 is 21.5 Å². The van der Waals surface area contributed by atoms with Crippen LogP contribution in [0.25, 0.3) is 32.9 Å². The monoisotopic (exact) mass is 327 g/mol. The maximum Gasteiger partial charge on any atom is 0.0964 e. The van der Waals surface area contributed by atoms with E-state index in [0.717, 1.165) is 28.2 Å². The number of aromatic nitrogens is 3. The molecule has 4 rings (SSSR count). The van der Waals surface area contributed by atoms with Crippen molar-refractivity contribution < 1.29 is 0 Å². The molecule has 3 heterocycles. The molecule has 1 aromatic carbocycles. The number of pyridine rings is 3. The number of nitrogens with zero attached hydrogens (tertiary/aromatic N) is 3. The van der Waals surface area contributed by atoms with Gasteiger partial charge in [-0.25, -0.2) is 0 Å². The highest BCUT2D eigenvalue weighted by molar-refractivity contribution is 6.12. The molecule has 0 bridgehead atoms. The van der Waals surface area contributed by atoms with Gasteiger partial charge in [0.2, 0.25) is 0 Å². The summed E-state index contributed by atoms with van der Waals surface area (Å²) in [6.07, 6.45) is 3.78. The molecule has 0 fully saturated rings. The fourth-order valence-corrected chi connectivity index (χ4v) is 3.56. The first kappa shape index (κ1) is 15.7. The minimum absolute atomic E-state index is 0.366. The SMILES string of the molecule is Cc1cc(C)nc(-c2nccc3c2ccc2ccnc(C(C)C)c23)c1. The molecule has 0 saturated carbocycles. The van der Waals surface area contributed by atoms with E-state index in [1.54, 1.807) is 0 Å². The smallest absolute Gasteiger partial charge is 0.0964 e. The van der Waals surface area contributed by atoms with E-state index in [0.29, 0.717) is 5.92 Å². The first-order chi connectivity index (χ1) is 12.0. The van der Waals surface area contributed by atoms with Crippen LogP contribution < -0.4 is 0 Å². The second-order valence-electron chi connectivity index (χ2n) is 6.94. The van der Waals surface area contributed by atoms with Crippen molar-refractivity contribution in [1.29, 1.82) is 0 Å². The Kier molecular flexibility index (Phi) is 3.72. The third-order valence-electron chi connectivity index (χ3n) is 4.59. The van der Waals surface area contributed by atoms with Crippen molar-refractivity contribution in [2.24, 2.45) is 0 Å². The summed E-state index contributed by atoms with van der Waals surface area (Å²) in [4.78, 5) is 14.0. The average molecular weight is 327 g/mol. The average Bonchev–Trinajstić information content (AvgIpc) is 2.59. The zero-order chi connectivity index (χ0) is 17.6. The molecule has 0 aliphatic heterocycles. The molecule has 124 valence electrons. The van der Waals surface area contributed by atoms with Gasteiger partial charge >= 0.3 is 0 Å². The van der Waals surface area contributed by atoms with Crippen LogP contribution in [0.4, 0.5) is 0 Å². The summed E-state index contributed by atoms with van der Waals surface area (Å²) in [7, 11) is 0. The summed E-state index contributed by atoms with van der Waals surface area (Å²) in [5, 5.41) is 4.77. The van der Waals surface area contributed by atoms with Crippen LogP contribution in [-0.4, -0.2) is 15.0 Å². The summed E-state index contributed by atoms with van der Waals surface area (Å²) >= 11 is 0. The molecular formula is C22H21N3. The van der Waals surface area contributed by atoms with Crippen molar-refractivity contribution in [3.63, 3.8) is 0 Å². The number of aryl methyl sites for hydroxylation is 2. The van der Waals surface area contributed by atoms with Gasteiger partial charge in [-0.3, -0.25) is 15.0 Å². The van der Waals surface area contributed by atoms with Crippen molar-refractivity contribution in [2.45, 2.75) is 33.6 Å². The summed E-state index contributed by atoms with van der Waals surface area (Å²) in [6.45, 7) is 8.50. The molecule has 0 spiro atoms. The minimum atomic E-state index is 0.366. The van der Waals surface area contributed by atoms with Gasteiger partial charge in [-0.15, -0.1) is 0 Å². The van der Waals surface area contributed by atoms with Gasteiger partial charge in [-0.05, 0) is 60.4 Å². The Labute approximate surface area is 147 Å². The first-order valence-corrected chi connectivity index (χ1v) is 8.66.